The van der Waals surface area contributed by atoms with Crippen LogP contribution in [0.25, 0.3) is 0 Å². The third-order valence-corrected chi connectivity index (χ3v) is 4.30. The van der Waals surface area contributed by atoms with E-state index >= 15 is 0 Å². The molecule has 0 bridgehead atoms. The van der Waals surface area contributed by atoms with Crippen LogP contribution in [0.1, 0.15) is 43.4 Å². The van der Waals surface area contributed by atoms with E-state index < -0.39 is 0 Å². The van der Waals surface area contributed by atoms with Crippen molar-refractivity contribution in [1.82, 2.24) is 15.2 Å². The third kappa shape index (κ3) is 3.29. The number of nitrogens with zero attached hydrogens (tertiary/aromatic N) is 2. The van der Waals surface area contributed by atoms with Gasteiger partial charge in [-0.2, -0.15) is 0 Å². The molecule has 1 fully saturated rings. The minimum absolute atomic E-state index is 0.191. The van der Waals surface area contributed by atoms with Gasteiger partial charge in [0.2, 0.25) is 5.91 Å². The summed E-state index contributed by atoms with van der Waals surface area (Å²) in [5, 5.41) is 6.85. The van der Waals surface area contributed by atoms with Gasteiger partial charge in [-0.25, -0.2) is 4.98 Å². The maximum absolute atomic E-state index is 11.2. The summed E-state index contributed by atoms with van der Waals surface area (Å²) in [6, 6.07) is 0.793. The molecule has 2 rings (SSSR count). The van der Waals surface area contributed by atoms with Gasteiger partial charge in [-0.3, -0.25) is 4.79 Å². The molecule has 1 saturated heterocycles. The van der Waals surface area contributed by atoms with Crippen LogP contribution in [-0.4, -0.2) is 34.9 Å². The van der Waals surface area contributed by atoms with Crippen molar-refractivity contribution >= 4 is 17.2 Å². The van der Waals surface area contributed by atoms with E-state index in [0.717, 1.165) is 36.6 Å². The molecule has 5 heteroatoms. The molecule has 1 aliphatic rings. The van der Waals surface area contributed by atoms with Crippen molar-refractivity contribution in [1.29, 1.82) is 0 Å². The molecule has 0 aromatic carbocycles. The number of piperidine rings is 1. The summed E-state index contributed by atoms with van der Waals surface area (Å²) in [5.41, 5.74) is 1.13. The van der Waals surface area contributed by atoms with E-state index in [0.29, 0.717) is 12.1 Å². The number of carbonyl (C=O) groups is 1. The lowest BCUT2D eigenvalue weighted by molar-refractivity contribution is -0.129. The van der Waals surface area contributed by atoms with Crippen molar-refractivity contribution in [3.63, 3.8) is 0 Å². The van der Waals surface area contributed by atoms with Gasteiger partial charge >= 0.3 is 0 Å². The lowest BCUT2D eigenvalue weighted by Crippen LogP contribution is -2.44. The Hall–Kier alpha value is -0.940. The summed E-state index contributed by atoms with van der Waals surface area (Å²) >= 11 is 1.70. The Bertz CT molecular complexity index is 410. The second-order valence-corrected chi connectivity index (χ2v) is 6.02. The summed E-state index contributed by atoms with van der Waals surface area (Å²) in [4.78, 5) is 17.7. The molecule has 0 spiro atoms. The zero-order chi connectivity index (χ0) is 13.1. The van der Waals surface area contributed by atoms with Gasteiger partial charge in [0, 0.05) is 37.5 Å². The Morgan fingerprint density at radius 2 is 2.22 bits per heavy atom. The monoisotopic (exact) mass is 267 g/mol. The number of hydrogen-bond acceptors (Lipinski definition) is 4. The summed E-state index contributed by atoms with van der Waals surface area (Å²) in [5.74, 6) is 0.191. The van der Waals surface area contributed by atoms with Crippen molar-refractivity contribution in [2.45, 2.75) is 45.7 Å². The van der Waals surface area contributed by atoms with Gasteiger partial charge in [0.05, 0.1) is 10.7 Å². The lowest BCUT2D eigenvalue weighted by atomic mass is 10.0. The SMILES string of the molecule is CC(=O)N1CCC(NC(C)c2csc(C)n2)CC1. The molecular formula is C13H21N3OS. The Labute approximate surface area is 112 Å². The van der Waals surface area contributed by atoms with E-state index in [2.05, 4.69) is 22.6 Å². The number of nitrogens with one attached hydrogen (secondary N) is 1. The fourth-order valence-corrected chi connectivity index (χ4v) is 3.09. The van der Waals surface area contributed by atoms with Crippen molar-refractivity contribution in [2.75, 3.05) is 13.1 Å². The highest BCUT2D eigenvalue weighted by Gasteiger charge is 2.22. The summed E-state index contributed by atoms with van der Waals surface area (Å²) < 4.78 is 0. The number of hydrogen-bond donors (Lipinski definition) is 1. The molecule has 1 amide bonds. The summed E-state index contributed by atoms with van der Waals surface area (Å²) in [6.07, 6.45) is 2.07. The molecule has 0 aliphatic carbocycles. The smallest absolute Gasteiger partial charge is 0.219 e. The first-order valence-electron chi connectivity index (χ1n) is 6.50. The molecule has 4 nitrogen and oxygen atoms in total. The Balaban J connectivity index is 1.83. The number of aromatic nitrogens is 1. The highest BCUT2D eigenvalue weighted by Crippen LogP contribution is 2.19. The van der Waals surface area contributed by atoms with E-state index in [1.807, 2.05) is 11.8 Å². The molecule has 1 unspecified atom stereocenters. The largest absolute Gasteiger partial charge is 0.343 e. The highest BCUT2D eigenvalue weighted by molar-refractivity contribution is 7.09. The molecule has 1 aromatic rings. The van der Waals surface area contributed by atoms with Crippen molar-refractivity contribution in [3.05, 3.63) is 16.1 Å². The maximum Gasteiger partial charge on any atom is 0.219 e. The Morgan fingerprint density at radius 3 is 2.72 bits per heavy atom. The summed E-state index contributed by atoms with van der Waals surface area (Å²) in [6.45, 7) is 7.58. The van der Waals surface area contributed by atoms with E-state index in [9.17, 15) is 4.79 Å². The highest BCUT2D eigenvalue weighted by atomic mass is 32.1. The molecule has 18 heavy (non-hydrogen) atoms. The quantitative estimate of drug-likeness (QED) is 0.912. The third-order valence-electron chi connectivity index (χ3n) is 3.51. The molecular weight excluding hydrogens is 246 g/mol. The maximum atomic E-state index is 11.2. The molecule has 1 atom stereocenters. The van der Waals surface area contributed by atoms with E-state index in [-0.39, 0.29) is 5.91 Å². The first-order chi connectivity index (χ1) is 8.56. The average molecular weight is 267 g/mol. The van der Waals surface area contributed by atoms with Crippen LogP contribution in [0.5, 0.6) is 0 Å². The zero-order valence-corrected chi connectivity index (χ0v) is 12.1. The predicted octanol–water partition coefficient (Wildman–Crippen LogP) is 2.11. The summed E-state index contributed by atoms with van der Waals surface area (Å²) in [7, 11) is 0. The first kappa shape index (κ1) is 13.5. The molecule has 0 radical (unpaired) electrons. The fourth-order valence-electron chi connectivity index (χ4n) is 2.38. The minimum Gasteiger partial charge on any atom is -0.343 e. The van der Waals surface area contributed by atoms with Gasteiger partial charge < -0.3 is 10.2 Å². The van der Waals surface area contributed by atoms with Crippen LogP contribution in [-0.2, 0) is 4.79 Å². The van der Waals surface area contributed by atoms with Crippen LogP contribution >= 0.6 is 11.3 Å². The molecule has 1 aromatic heterocycles. The van der Waals surface area contributed by atoms with Crippen LogP contribution in [0.2, 0.25) is 0 Å². The molecule has 2 heterocycles. The second-order valence-electron chi connectivity index (χ2n) is 4.96. The number of carbonyl (C=O) groups excluding carboxylic acids is 1. The van der Waals surface area contributed by atoms with Gasteiger partial charge in [-0.1, -0.05) is 0 Å². The predicted molar refractivity (Wildman–Crippen MR) is 73.7 cm³/mol. The molecule has 100 valence electrons. The second kappa shape index (κ2) is 5.80. The first-order valence-corrected chi connectivity index (χ1v) is 7.38. The topological polar surface area (TPSA) is 45.2 Å². The number of thiazole rings is 1. The lowest BCUT2D eigenvalue weighted by Gasteiger charge is -2.33. The van der Waals surface area contributed by atoms with Crippen LogP contribution in [0, 0.1) is 6.92 Å². The number of likely N-dealkylation sites (tertiary alicyclic amines) is 1. The Morgan fingerprint density at radius 1 is 1.56 bits per heavy atom. The number of amides is 1. The van der Waals surface area contributed by atoms with Gasteiger partial charge in [-0.15, -0.1) is 11.3 Å². The van der Waals surface area contributed by atoms with E-state index in [4.69, 9.17) is 0 Å². The van der Waals surface area contributed by atoms with Crippen LogP contribution in [0.3, 0.4) is 0 Å². The number of aryl methyl sites for hydroxylation is 1. The minimum atomic E-state index is 0.191. The van der Waals surface area contributed by atoms with Gasteiger partial charge in [-0.05, 0) is 26.7 Å². The van der Waals surface area contributed by atoms with Gasteiger partial charge in [0.15, 0.2) is 0 Å². The van der Waals surface area contributed by atoms with Crippen LogP contribution < -0.4 is 5.32 Å². The fraction of sp³-hybridized carbons (Fsp3) is 0.692. The van der Waals surface area contributed by atoms with Crippen molar-refractivity contribution in [2.24, 2.45) is 0 Å². The van der Waals surface area contributed by atoms with Crippen molar-refractivity contribution < 1.29 is 4.79 Å². The van der Waals surface area contributed by atoms with Crippen LogP contribution in [0.4, 0.5) is 0 Å². The van der Waals surface area contributed by atoms with E-state index in [1.54, 1.807) is 18.3 Å². The van der Waals surface area contributed by atoms with Gasteiger partial charge in [0.1, 0.15) is 0 Å². The van der Waals surface area contributed by atoms with E-state index in [1.165, 1.54) is 0 Å². The number of rotatable bonds is 3. The molecule has 0 saturated carbocycles. The molecule has 1 aliphatic heterocycles. The standard InChI is InChI=1S/C13H21N3OS/c1-9(13-8-18-10(2)15-13)14-12-4-6-16(7-5-12)11(3)17/h8-9,12,14H,4-7H2,1-3H3. The zero-order valence-electron chi connectivity index (χ0n) is 11.3. The van der Waals surface area contributed by atoms with Gasteiger partial charge in [0.25, 0.3) is 0 Å². The average Bonchev–Trinajstić information content (AvgIpc) is 2.76. The van der Waals surface area contributed by atoms with Crippen LogP contribution in [0.15, 0.2) is 5.38 Å². The normalized spacial score (nSPS) is 18.9. The van der Waals surface area contributed by atoms with Crippen molar-refractivity contribution in [3.8, 4) is 0 Å². The molecule has 1 N–H and O–H groups in total. The Kier molecular flexibility index (Phi) is 4.35.